The molecule has 1 amide bonds. The van der Waals surface area contributed by atoms with Crippen molar-refractivity contribution >= 4 is 21.8 Å². The van der Waals surface area contributed by atoms with Crippen LogP contribution >= 0.6 is 15.9 Å². The molecule has 0 aromatic carbocycles. The summed E-state index contributed by atoms with van der Waals surface area (Å²) in [5.41, 5.74) is 0.556. The summed E-state index contributed by atoms with van der Waals surface area (Å²) in [5.74, 6) is 0.00181. The van der Waals surface area contributed by atoms with Gasteiger partial charge in [-0.05, 0) is 12.8 Å². The maximum absolute atomic E-state index is 12.2. The second-order valence-corrected chi connectivity index (χ2v) is 5.59. The number of rotatable bonds is 2. The van der Waals surface area contributed by atoms with Crippen LogP contribution in [0.1, 0.15) is 36.0 Å². The predicted octanol–water partition coefficient (Wildman–Crippen LogP) is 2.25. The van der Waals surface area contributed by atoms with Crippen LogP contribution in [0.5, 0.6) is 0 Å². The van der Waals surface area contributed by atoms with E-state index in [1.165, 1.54) is 19.2 Å². The Morgan fingerprint density at radius 2 is 2.00 bits per heavy atom. The first-order valence-corrected chi connectivity index (χ1v) is 6.78. The Morgan fingerprint density at radius 1 is 1.35 bits per heavy atom. The quantitative estimate of drug-likeness (QED) is 0.787. The lowest BCUT2D eigenvalue weighted by Gasteiger charge is -2.35. The molecule has 0 spiro atoms. The van der Waals surface area contributed by atoms with Crippen molar-refractivity contribution in [1.29, 1.82) is 0 Å². The highest BCUT2D eigenvalue weighted by atomic mass is 79.9. The Morgan fingerprint density at radius 3 is 2.65 bits per heavy atom. The van der Waals surface area contributed by atoms with E-state index in [2.05, 4.69) is 25.9 Å². The van der Waals surface area contributed by atoms with Gasteiger partial charge in [-0.1, -0.05) is 28.8 Å². The van der Waals surface area contributed by atoms with E-state index in [9.17, 15) is 4.79 Å². The fourth-order valence-electron chi connectivity index (χ4n) is 2.27. The lowest BCUT2D eigenvalue weighted by atomic mass is 9.94. The number of carbonyl (C=O) groups is 1. The predicted molar refractivity (Wildman–Crippen MR) is 69.1 cm³/mol. The van der Waals surface area contributed by atoms with Crippen molar-refractivity contribution in [2.24, 2.45) is 0 Å². The molecule has 4 nitrogen and oxygen atoms in total. The number of amides is 1. The minimum atomic E-state index is 0.00181. The molecule has 0 aliphatic heterocycles. The third-order valence-electron chi connectivity index (χ3n) is 3.27. The maximum Gasteiger partial charge on any atom is 0.257 e. The van der Waals surface area contributed by atoms with E-state index in [0.717, 1.165) is 12.8 Å². The van der Waals surface area contributed by atoms with Gasteiger partial charge < -0.3 is 4.90 Å². The SMILES string of the molecule is CN(C(=O)c1cncnc1)C1CCCCC1Br. The van der Waals surface area contributed by atoms with Gasteiger partial charge in [0.1, 0.15) is 6.33 Å². The van der Waals surface area contributed by atoms with Gasteiger partial charge in [0.2, 0.25) is 0 Å². The Balaban J connectivity index is 2.09. The number of carbonyl (C=O) groups excluding carboxylic acids is 1. The molecule has 1 aliphatic carbocycles. The molecule has 2 atom stereocenters. The molecular formula is C12H16BrN3O. The largest absolute Gasteiger partial charge is 0.338 e. The molecule has 1 saturated carbocycles. The minimum absolute atomic E-state index is 0.00181. The first-order valence-electron chi connectivity index (χ1n) is 5.86. The third-order valence-corrected chi connectivity index (χ3v) is 4.34. The lowest BCUT2D eigenvalue weighted by molar-refractivity contribution is 0.0704. The first kappa shape index (κ1) is 12.5. The van der Waals surface area contributed by atoms with Gasteiger partial charge in [0, 0.05) is 30.3 Å². The Hall–Kier alpha value is -0.970. The monoisotopic (exact) mass is 297 g/mol. The second kappa shape index (κ2) is 5.58. The lowest BCUT2D eigenvalue weighted by Crippen LogP contribution is -2.44. The number of hydrogen-bond donors (Lipinski definition) is 0. The topological polar surface area (TPSA) is 46.1 Å². The standard InChI is InChI=1S/C12H16BrN3O/c1-16(11-5-3-2-4-10(11)13)12(17)9-6-14-8-15-7-9/h6-8,10-11H,2-5H2,1H3. The van der Waals surface area contributed by atoms with E-state index < -0.39 is 0 Å². The Labute approximate surface area is 110 Å². The summed E-state index contributed by atoms with van der Waals surface area (Å²) in [6.07, 6.45) is 9.19. The molecule has 1 heterocycles. The molecule has 5 heteroatoms. The van der Waals surface area contributed by atoms with Gasteiger partial charge in [0.05, 0.1) is 5.56 Å². The van der Waals surface area contributed by atoms with Gasteiger partial charge in [-0.25, -0.2) is 9.97 Å². The maximum atomic E-state index is 12.2. The molecule has 17 heavy (non-hydrogen) atoms. The van der Waals surface area contributed by atoms with Crippen LogP contribution in [0.3, 0.4) is 0 Å². The van der Waals surface area contributed by atoms with Crippen molar-refractivity contribution in [1.82, 2.24) is 14.9 Å². The van der Waals surface area contributed by atoms with E-state index in [1.807, 2.05) is 11.9 Å². The van der Waals surface area contributed by atoms with Gasteiger partial charge in [-0.3, -0.25) is 4.79 Å². The van der Waals surface area contributed by atoms with E-state index in [1.54, 1.807) is 12.4 Å². The summed E-state index contributed by atoms with van der Waals surface area (Å²) < 4.78 is 0. The van der Waals surface area contributed by atoms with Crippen molar-refractivity contribution in [2.45, 2.75) is 36.6 Å². The fraction of sp³-hybridized carbons (Fsp3) is 0.583. The number of halogens is 1. The van der Waals surface area contributed by atoms with E-state index >= 15 is 0 Å². The first-order chi connectivity index (χ1) is 8.20. The molecule has 0 N–H and O–H groups in total. The summed E-state index contributed by atoms with van der Waals surface area (Å²) >= 11 is 3.67. The summed E-state index contributed by atoms with van der Waals surface area (Å²) in [6.45, 7) is 0. The van der Waals surface area contributed by atoms with Crippen molar-refractivity contribution in [3.63, 3.8) is 0 Å². The average Bonchev–Trinajstić information content (AvgIpc) is 2.39. The van der Waals surface area contributed by atoms with E-state index in [-0.39, 0.29) is 11.9 Å². The van der Waals surface area contributed by atoms with Gasteiger partial charge in [0.25, 0.3) is 5.91 Å². The smallest absolute Gasteiger partial charge is 0.257 e. The molecule has 2 unspecified atom stereocenters. The van der Waals surface area contributed by atoms with Crippen molar-refractivity contribution in [3.8, 4) is 0 Å². The van der Waals surface area contributed by atoms with Crippen molar-refractivity contribution in [2.75, 3.05) is 7.05 Å². The number of hydrogen-bond acceptors (Lipinski definition) is 3. The van der Waals surface area contributed by atoms with Gasteiger partial charge in [0.15, 0.2) is 0 Å². The van der Waals surface area contributed by atoms with Crippen LogP contribution in [0.4, 0.5) is 0 Å². The molecule has 1 aromatic rings. The second-order valence-electron chi connectivity index (χ2n) is 4.41. The highest BCUT2D eigenvalue weighted by Crippen LogP contribution is 2.28. The molecule has 0 saturated heterocycles. The normalized spacial score (nSPS) is 24.4. The fourth-order valence-corrected chi connectivity index (χ4v) is 3.21. The van der Waals surface area contributed by atoms with E-state index in [4.69, 9.17) is 0 Å². The average molecular weight is 298 g/mol. The van der Waals surface area contributed by atoms with Crippen molar-refractivity contribution < 1.29 is 4.79 Å². The number of alkyl halides is 1. The number of aromatic nitrogens is 2. The molecule has 92 valence electrons. The van der Waals surface area contributed by atoms with Crippen LogP contribution in [0, 0.1) is 0 Å². The molecule has 0 bridgehead atoms. The summed E-state index contributed by atoms with van der Waals surface area (Å²) in [7, 11) is 1.86. The highest BCUT2D eigenvalue weighted by Gasteiger charge is 2.29. The molecule has 1 fully saturated rings. The zero-order valence-corrected chi connectivity index (χ0v) is 11.4. The van der Waals surface area contributed by atoms with Crippen molar-refractivity contribution in [3.05, 3.63) is 24.3 Å². The van der Waals surface area contributed by atoms with Crippen LogP contribution in [-0.4, -0.2) is 38.7 Å². The summed E-state index contributed by atoms with van der Waals surface area (Å²) in [5, 5.41) is 0. The molecular weight excluding hydrogens is 282 g/mol. The summed E-state index contributed by atoms with van der Waals surface area (Å²) in [4.78, 5) is 22.2. The molecule has 0 radical (unpaired) electrons. The Bertz CT molecular complexity index is 385. The molecule has 1 aromatic heterocycles. The van der Waals surface area contributed by atoms with Gasteiger partial charge in [-0.2, -0.15) is 0 Å². The van der Waals surface area contributed by atoms with Crippen LogP contribution in [0.15, 0.2) is 18.7 Å². The highest BCUT2D eigenvalue weighted by molar-refractivity contribution is 9.09. The zero-order valence-electron chi connectivity index (χ0n) is 9.84. The van der Waals surface area contributed by atoms with Crippen LogP contribution in [-0.2, 0) is 0 Å². The Kier molecular flexibility index (Phi) is 4.10. The molecule has 2 rings (SSSR count). The van der Waals surface area contributed by atoms with Gasteiger partial charge in [-0.15, -0.1) is 0 Å². The van der Waals surface area contributed by atoms with Crippen LogP contribution in [0.25, 0.3) is 0 Å². The van der Waals surface area contributed by atoms with E-state index in [0.29, 0.717) is 10.4 Å². The minimum Gasteiger partial charge on any atom is -0.338 e. The number of nitrogens with zero attached hydrogens (tertiary/aromatic N) is 3. The van der Waals surface area contributed by atoms with Crippen LogP contribution in [0.2, 0.25) is 0 Å². The third kappa shape index (κ3) is 2.83. The molecule has 1 aliphatic rings. The summed E-state index contributed by atoms with van der Waals surface area (Å²) in [6, 6.07) is 0.274. The van der Waals surface area contributed by atoms with Gasteiger partial charge >= 0.3 is 0 Å². The van der Waals surface area contributed by atoms with Crippen LogP contribution < -0.4 is 0 Å². The zero-order chi connectivity index (χ0) is 12.3.